The van der Waals surface area contributed by atoms with Crippen LogP contribution in [-0.4, -0.2) is 9.55 Å². The fraction of sp³-hybridized carbons (Fsp3) is 0.357. The summed E-state index contributed by atoms with van der Waals surface area (Å²) in [5.41, 5.74) is 5.97. The van der Waals surface area contributed by atoms with E-state index < -0.39 is 17.5 Å². The Kier molecular flexibility index (Phi) is 3.74. The number of nitrogen functional groups attached to an aromatic ring is 1. The van der Waals surface area contributed by atoms with Crippen molar-refractivity contribution in [2.24, 2.45) is 5.92 Å². The van der Waals surface area contributed by atoms with E-state index >= 15 is 0 Å². The van der Waals surface area contributed by atoms with Crippen LogP contribution in [0.1, 0.15) is 19.7 Å². The van der Waals surface area contributed by atoms with Crippen LogP contribution in [0, 0.1) is 30.3 Å². The second kappa shape index (κ2) is 5.19. The Morgan fingerprint density at radius 3 is 2.35 bits per heavy atom. The first kappa shape index (κ1) is 14.4. The molecule has 0 aliphatic heterocycles. The Hall–Kier alpha value is -1.98. The predicted octanol–water partition coefficient (Wildman–Crippen LogP) is 3.51. The second-order valence-corrected chi connectivity index (χ2v) is 5.14. The van der Waals surface area contributed by atoms with Gasteiger partial charge < -0.3 is 10.3 Å². The van der Waals surface area contributed by atoms with Crippen molar-refractivity contribution in [3.63, 3.8) is 0 Å². The van der Waals surface area contributed by atoms with E-state index in [0.717, 1.165) is 6.07 Å². The quantitative estimate of drug-likeness (QED) is 0.876. The minimum atomic E-state index is -1.23. The number of nitrogens with zero attached hydrogens (tertiary/aromatic N) is 2. The van der Waals surface area contributed by atoms with Crippen molar-refractivity contribution >= 4 is 5.82 Å². The van der Waals surface area contributed by atoms with E-state index in [1.807, 2.05) is 13.8 Å². The second-order valence-electron chi connectivity index (χ2n) is 5.14. The molecule has 2 aromatic rings. The maximum absolute atomic E-state index is 13.8. The van der Waals surface area contributed by atoms with Crippen LogP contribution < -0.4 is 5.73 Å². The molecule has 0 unspecified atom stereocenters. The lowest BCUT2D eigenvalue weighted by Gasteiger charge is -2.10. The lowest BCUT2D eigenvalue weighted by Crippen LogP contribution is -2.09. The molecule has 0 amide bonds. The van der Waals surface area contributed by atoms with Gasteiger partial charge in [0.1, 0.15) is 23.2 Å². The lowest BCUT2D eigenvalue weighted by molar-refractivity contribution is 0.496. The van der Waals surface area contributed by atoms with Gasteiger partial charge in [-0.15, -0.1) is 0 Å². The van der Waals surface area contributed by atoms with Crippen molar-refractivity contribution < 1.29 is 13.2 Å². The highest BCUT2D eigenvalue weighted by atomic mass is 19.2. The summed E-state index contributed by atoms with van der Waals surface area (Å²) in [5.74, 6) is -2.06. The standard InChI is InChI=1S/C14H16F3N3/c1-7(2)6-20-8(3)19-13(14(20)18)9-4-11(16)12(17)5-10(9)15/h4-5,7H,6,18H2,1-3H3. The van der Waals surface area contributed by atoms with E-state index in [4.69, 9.17) is 5.73 Å². The van der Waals surface area contributed by atoms with Crippen LogP contribution in [0.4, 0.5) is 19.0 Å². The molecular weight excluding hydrogens is 267 g/mol. The fourth-order valence-electron chi connectivity index (χ4n) is 2.08. The molecule has 3 nitrogen and oxygen atoms in total. The number of halogens is 3. The summed E-state index contributed by atoms with van der Waals surface area (Å²) >= 11 is 0. The van der Waals surface area contributed by atoms with E-state index in [1.54, 1.807) is 11.5 Å². The van der Waals surface area contributed by atoms with Gasteiger partial charge in [-0.2, -0.15) is 0 Å². The molecule has 1 aromatic heterocycles. The summed E-state index contributed by atoms with van der Waals surface area (Å²) in [6.07, 6.45) is 0. The summed E-state index contributed by atoms with van der Waals surface area (Å²) in [7, 11) is 0. The zero-order valence-corrected chi connectivity index (χ0v) is 11.5. The van der Waals surface area contributed by atoms with Gasteiger partial charge in [-0.05, 0) is 18.9 Å². The molecule has 1 heterocycles. The third-order valence-corrected chi connectivity index (χ3v) is 3.01. The van der Waals surface area contributed by atoms with Gasteiger partial charge in [-0.3, -0.25) is 0 Å². The van der Waals surface area contributed by atoms with Crippen LogP contribution in [0.25, 0.3) is 11.3 Å². The number of aromatic nitrogens is 2. The first-order chi connectivity index (χ1) is 9.31. The molecule has 2 N–H and O–H groups in total. The maximum atomic E-state index is 13.8. The minimum absolute atomic E-state index is 0.132. The third-order valence-electron chi connectivity index (χ3n) is 3.01. The topological polar surface area (TPSA) is 43.8 Å². The maximum Gasteiger partial charge on any atom is 0.161 e. The molecule has 0 saturated carbocycles. The average Bonchev–Trinajstić information content (AvgIpc) is 2.61. The number of benzene rings is 1. The largest absolute Gasteiger partial charge is 0.383 e. The Morgan fingerprint density at radius 1 is 1.15 bits per heavy atom. The molecule has 2 rings (SSSR count). The monoisotopic (exact) mass is 283 g/mol. The molecule has 20 heavy (non-hydrogen) atoms. The zero-order chi connectivity index (χ0) is 15.0. The van der Waals surface area contributed by atoms with Gasteiger partial charge in [0.05, 0.1) is 0 Å². The predicted molar refractivity (Wildman–Crippen MR) is 71.5 cm³/mol. The van der Waals surface area contributed by atoms with Crippen molar-refractivity contribution in [3.8, 4) is 11.3 Å². The molecule has 0 bridgehead atoms. The first-order valence-electron chi connectivity index (χ1n) is 6.28. The number of rotatable bonds is 3. The molecule has 0 aliphatic rings. The van der Waals surface area contributed by atoms with E-state index in [0.29, 0.717) is 24.4 Å². The highest BCUT2D eigenvalue weighted by Gasteiger charge is 2.19. The number of aryl methyl sites for hydroxylation is 1. The zero-order valence-electron chi connectivity index (χ0n) is 11.5. The highest BCUT2D eigenvalue weighted by Crippen LogP contribution is 2.30. The Morgan fingerprint density at radius 2 is 1.75 bits per heavy atom. The first-order valence-corrected chi connectivity index (χ1v) is 6.28. The minimum Gasteiger partial charge on any atom is -0.383 e. The van der Waals surface area contributed by atoms with E-state index in [9.17, 15) is 13.2 Å². The number of hydrogen-bond donors (Lipinski definition) is 1. The highest BCUT2D eigenvalue weighted by molar-refractivity contribution is 5.71. The van der Waals surface area contributed by atoms with Crippen LogP contribution in [0.2, 0.25) is 0 Å². The van der Waals surface area contributed by atoms with Crippen molar-refractivity contribution in [2.75, 3.05) is 5.73 Å². The molecular formula is C14H16F3N3. The number of imidazole rings is 1. The third kappa shape index (κ3) is 2.50. The molecule has 1 aromatic carbocycles. The summed E-state index contributed by atoms with van der Waals surface area (Å²) in [6, 6.07) is 1.28. The smallest absolute Gasteiger partial charge is 0.161 e. The molecule has 0 radical (unpaired) electrons. The van der Waals surface area contributed by atoms with Gasteiger partial charge in [0.25, 0.3) is 0 Å². The fourth-order valence-corrected chi connectivity index (χ4v) is 2.08. The van der Waals surface area contributed by atoms with E-state index in [1.165, 1.54) is 0 Å². The molecule has 108 valence electrons. The van der Waals surface area contributed by atoms with Gasteiger partial charge in [0, 0.05) is 18.2 Å². The molecule has 0 aliphatic carbocycles. The number of nitrogens with two attached hydrogens (primary N) is 1. The summed E-state index contributed by atoms with van der Waals surface area (Å²) in [4.78, 5) is 4.17. The summed E-state index contributed by atoms with van der Waals surface area (Å²) in [6.45, 7) is 6.38. The van der Waals surface area contributed by atoms with Crippen LogP contribution >= 0.6 is 0 Å². The molecule has 0 fully saturated rings. The summed E-state index contributed by atoms with van der Waals surface area (Å²) < 4.78 is 41.8. The average molecular weight is 283 g/mol. The molecule has 0 atom stereocenters. The van der Waals surface area contributed by atoms with Gasteiger partial charge in [0.2, 0.25) is 0 Å². The van der Waals surface area contributed by atoms with Gasteiger partial charge in [0.15, 0.2) is 11.6 Å². The Bertz CT molecular complexity index is 648. The van der Waals surface area contributed by atoms with Crippen LogP contribution in [0.5, 0.6) is 0 Å². The number of anilines is 1. The van der Waals surface area contributed by atoms with E-state index in [-0.39, 0.29) is 17.1 Å². The van der Waals surface area contributed by atoms with Crippen LogP contribution in [0.15, 0.2) is 12.1 Å². The Labute approximate surface area is 115 Å². The SMILES string of the molecule is Cc1nc(-c2cc(F)c(F)cc2F)c(N)n1CC(C)C. The molecule has 0 saturated heterocycles. The van der Waals surface area contributed by atoms with Crippen LogP contribution in [-0.2, 0) is 6.54 Å². The molecule has 0 spiro atoms. The number of hydrogen-bond acceptors (Lipinski definition) is 2. The van der Waals surface area contributed by atoms with Crippen molar-refractivity contribution in [1.29, 1.82) is 0 Å². The van der Waals surface area contributed by atoms with Crippen molar-refractivity contribution in [2.45, 2.75) is 27.3 Å². The van der Waals surface area contributed by atoms with Gasteiger partial charge in [-0.1, -0.05) is 13.8 Å². The Balaban J connectivity index is 2.57. The van der Waals surface area contributed by atoms with E-state index in [2.05, 4.69) is 4.98 Å². The molecule has 6 heteroatoms. The van der Waals surface area contributed by atoms with Crippen molar-refractivity contribution in [1.82, 2.24) is 9.55 Å². The van der Waals surface area contributed by atoms with Crippen LogP contribution in [0.3, 0.4) is 0 Å². The summed E-state index contributed by atoms with van der Waals surface area (Å²) in [5, 5.41) is 0. The van der Waals surface area contributed by atoms with Gasteiger partial charge >= 0.3 is 0 Å². The normalized spacial score (nSPS) is 11.3. The van der Waals surface area contributed by atoms with Crippen molar-refractivity contribution in [3.05, 3.63) is 35.4 Å². The lowest BCUT2D eigenvalue weighted by atomic mass is 10.1. The van der Waals surface area contributed by atoms with Gasteiger partial charge in [-0.25, -0.2) is 18.2 Å².